The number of nitrogens with two attached hydrogens (primary N) is 1. The number of hydrogen-bond donors (Lipinski definition) is 2. The van der Waals surface area contributed by atoms with Gasteiger partial charge in [0.25, 0.3) is 0 Å². The quantitative estimate of drug-likeness (QED) is 0.479. The fourth-order valence-corrected chi connectivity index (χ4v) is 2.79. The van der Waals surface area contributed by atoms with Crippen LogP contribution in [0.2, 0.25) is 0 Å². The molecule has 0 saturated carbocycles. The number of methoxy groups -OCH3 is 2. The molecule has 0 spiro atoms. The number of carbonyl (C=O) groups excluding carboxylic acids is 1. The maximum Gasteiger partial charge on any atom is 0.237 e. The van der Waals surface area contributed by atoms with Gasteiger partial charge in [0.15, 0.2) is 11.5 Å². The summed E-state index contributed by atoms with van der Waals surface area (Å²) in [4.78, 5) is 13.8. The largest absolute Gasteiger partial charge is 0.493 e. The van der Waals surface area contributed by atoms with E-state index >= 15 is 0 Å². The summed E-state index contributed by atoms with van der Waals surface area (Å²) in [6.07, 6.45) is 1.66. The van der Waals surface area contributed by atoms with E-state index in [4.69, 9.17) is 15.3 Å². The van der Waals surface area contributed by atoms with Gasteiger partial charge in [-0.25, -0.2) is 5.84 Å². The highest BCUT2D eigenvalue weighted by molar-refractivity contribution is 5.78. The van der Waals surface area contributed by atoms with Crippen molar-refractivity contribution >= 4 is 5.91 Å². The third-order valence-corrected chi connectivity index (χ3v) is 3.98. The van der Waals surface area contributed by atoms with Gasteiger partial charge >= 0.3 is 0 Å². The number of nitrogens with one attached hydrogen (secondary N) is 1. The smallest absolute Gasteiger partial charge is 0.237 e. The molecule has 21 heavy (non-hydrogen) atoms. The topological polar surface area (TPSA) is 76.8 Å². The van der Waals surface area contributed by atoms with Crippen molar-refractivity contribution in [3.05, 3.63) is 23.8 Å². The Kier molecular flexibility index (Phi) is 5.41. The minimum Gasteiger partial charge on any atom is -0.493 e. The summed E-state index contributed by atoms with van der Waals surface area (Å²) in [5.41, 5.74) is 3.33. The molecule has 3 N–H and O–H groups in total. The molecule has 1 aromatic carbocycles. The number of piperidine rings is 1. The van der Waals surface area contributed by atoms with Crippen molar-refractivity contribution in [1.82, 2.24) is 10.3 Å². The molecule has 116 valence electrons. The molecule has 1 amide bonds. The molecule has 0 radical (unpaired) electrons. The van der Waals surface area contributed by atoms with Crippen LogP contribution in [0.15, 0.2) is 18.2 Å². The SMILES string of the molecule is COc1cccc(CN2CCC(C(=O)NN)CC2)c1OC. The van der Waals surface area contributed by atoms with Crippen molar-refractivity contribution in [2.24, 2.45) is 11.8 Å². The fraction of sp³-hybridized carbons (Fsp3) is 0.533. The molecule has 1 aliphatic rings. The number of carbonyl (C=O) groups is 1. The molecular weight excluding hydrogens is 270 g/mol. The minimum absolute atomic E-state index is 0.0263. The summed E-state index contributed by atoms with van der Waals surface area (Å²) in [6, 6.07) is 5.89. The average molecular weight is 293 g/mol. The van der Waals surface area contributed by atoms with Crippen LogP contribution in [0.25, 0.3) is 0 Å². The van der Waals surface area contributed by atoms with Crippen molar-refractivity contribution < 1.29 is 14.3 Å². The van der Waals surface area contributed by atoms with E-state index in [-0.39, 0.29) is 11.8 Å². The van der Waals surface area contributed by atoms with Crippen LogP contribution in [0.4, 0.5) is 0 Å². The number of para-hydroxylation sites is 1. The Morgan fingerprint density at radius 1 is 1.33 bits per heavy atom. The standard InChI is InChI=1S/C15H23N3O3/c1-20-13-5-3-4-12(14(13)21-2)10-18-8-6-11(7-9-18)15(19)17-16/h3-5,11H,6-10,16H2,1-2H3,(H,17,19). The zero-order valence-corrected chi connectivity index (χ0v) is 12.6. The number of likely N-dealkylation sites (tertiary alicyclic amines) is 1. The molecule has 6 nitrogen and oxygen atoms in total. The molecule has 1 saturated heterocycles. The fourth-order valence-electron chi connectivity index (χ4n) is 2.79. The van der Waals surface area contributed by atoms with E-state index in [1.54, 1.807) is 14.2 Å². The molecule has 0 aromatic heterocycles. The molecule has 0 bridgehead atoms. The van der Waals surface area contributed by atoms with Crippen LogP contribution in [0.1, 0.15) is 18.4 Å². The predicted molar refractivity (Wildman–Crippen MR) is 79.9 cm³/mol. The number of ether oxygens (including phenoxy) is 2. The molecular formula is C15H23N3O3. The molecule has 0 atom stereocenters. The van der Waals surface area contributed by atoms with Gasteiger partial charge in [0, 0.05) is 18.0 Å². The van der Waals surface area contributed by atoms with Gasteiger partial charge in [0.05, 0.1) is 14.2 Å². The maximum atomic E-state index is 11.5. The lowest BCUT2D eigenvalue weighted by molar-refractivity contribution is -0.126. The van der Waals surface area contributed by atoms with E-state index < -0.39 is 0 Å². The summed E-state index contributed by atoms with van der Waals surface area (Å²) >= 11 is 0. The lowest BCUT2D eigenvalue weighted by atomic mass is 9.96. The molecule has 2 rings (SSSR count). The average Bonchev–Trinajstić information content (AvgIpc) is 2.54. The number of amides is 1. The second kappa shape index (κ2) is 7.28. The van der Waals surface area contributed by atoms with E-state index in [9.17, 15) is 4.79 Å². The number of benzene rings is 1. The van der Waals surface area contributed by atoms with Crippen molar-refractivity contribution in [3.8, 4) is 11.5 Å². The van der Waals surface area contributed by atoms with Crippen LogP contribution in [0.3, 0.4) is 0 Å². The zero-order chi connectivity index (χ0) is 15.2. The lowest BCUT2D eigenvalue weighted by Crippen LogP contribution is -2.42. The summed E-state index contributed by atoms with van der Waals surface area (Å²) in [6.45, 7) is 2.54. The highest BCUT2D eigenvalue weighted by Gasteiger charge is 2.25. The minimum atomic E-state index is -0.0615. The van der Waals surface area contributed by atoms with Crippen LogP contribution in [0, 0.1) is 5.92 Å². The van der Waals surface area contributed by atoms with Gasteiger partial charge in [0.1, 0.15) is 0 Å². The second-order valence-electron chi connectivity index (χ2n) is 5.21. The zero-order valence-electron chi connectivity index (χ0n) is 12.6. The highest BCUT2D eigenvalue weighted by Crippen LogP contribution is 2.32. The lowest BCUT2D eigenvalue weighted by Gasteiger charge is -2.31. The first-order chi connectivity index (χ1) is 10.2. The van der Waals surface area contributed by atoms with Crippen molar-refractivity contribution in [2.75, 3.05) is 27.3 Å². The summed E-state index contributed by atoms with van der Waals surface area (Å²) in [5, 5.41) is 0. The van der Waals surface area contributed by atoms with E-state index in [1.807, 2.05) is 18.2 Å². The van der Waals surface area contributed by atoms with Gasteiger partial charge in [-0.15, -0.1) is 0 Å². The Balaban J connectivity index is 1.99. The first kappa shape index (κ1) is 15.6. The molecule has 0 unspecified atom stereocenters. The highest BCUT2D eigenvalue weighted by atomic mass is 16.5. The summed E-state index contributed by atoms with van der Waals surface area (Å²) in [7, 11) is 3.29. The summed E-state index contributed by atoms with van der Waals surface area (Å²) in [5.74, 6) is 6.67. The first-order valence-electron chi connectivity index (χ1n) is 7.12. The van der Waals surface area contributed by atoms with E-state index in [1.165, 1.54) is 0 Å². The third kappa shape index (κ3) is 3.65. The van der Waals surface area contributed by atoms with Gasteiger partial charge in [-0.1, -0.05) is 12.1 Å². The van der Waals surface area contributed by atoms with Crippen molar-refractivity contribution in [3.63, 3.8) is 0 Å². The van der Waals surface area contributed by atoms with Gasteiger partial charge in [-0.2, -0.15) is 0 Å². The Bertz CT molecular complexity index is 485. The van der Waals surface area contributed by atoms with Crippen LogP contribution < -0.4 is 20.7 Å². The van der Waals surface area contributed by atoms with E-state index in [0.717, 1.165) is 49.5 Å². The van der Waals surface area contributed by atoms with Crippen LogP contribution in [0.5, 0.6) is 11.5 Å². The van der Waals surface area contributed by atoms with E-state index in [0.29, 0.717) is 0 Å². The second-order valence-corrected chi connectivity index (χ2v) is 5.21. The molecule has 1 heterocycles. The van der Waals surface area contributed by atoms with Gasteiger partial charge < -0.3 is 9.47 Å². The Morgan fingerprint density at radius 2 is 2.05 bits per heavy atom. The Labute approximate surface area is 125 Å². The van der Waals surface area contributed by atoms with Crippen LogP contribution >= 0.6 is 0 Å². The Hall–Kier alpha value is -1.79. The number of hydrazine groups is 1. The van der Waals surface area contributed by atoms with Crippen LogP contribution in [-0.4, -0.2) is 38.1 Å². The monoisotopic (exact) mass is 293 g/mol. The van der Waals surface area contributed by atoms with Gasteiger partial charge in [-0.05, 0) is 32.0 Å². The molecule has 6 heteroatoms. The Morgan fingerprint density at radius 3 is 2.62 bits per heavy atom. The number of hydrogen-bond acceptors (Lipinski definition) is 5. The number of nitrogens with zero attached hydrogens (tertiary/aromatic N) is 1. The van der Waals surface area contributed by atoms with Crippen LogP contribution in [-0.2, 0) is 11.3 Å². The molecule has 1 aromatic rings. The van der Waals surface area contributed by atoms with Crippen molar-refractivity contribution in [2.45, 2.75) is 19.4 Å². The predicted octanol–water partition coefficient (Wildman–Crippen LogP) is 0.906. The third-order valence-electron chi connectivity index (χ3n) is 3.98. The van der Waals surface area contributed by atoms with Gasteiger partial charge in [0.2, 0.25) is 5.91 Å². The maximum absolute atomic E-state index is 11.5. The normalized spacial score (nSPS) is 16.5. The number of rotatable bonds is 5. The molecule has 1 fully saturated rings. The van der Waals surface area contributed by atoms with Gasteiger partial charge in [-0.3, -0.25) is 15.1 Å². The molecule has 0 aliphatic carbocycles. The first-order valence-corrected chi connectivity index (χ1v) is 7.12. The molecule has 1 aliphatic heterocycles. The van der Waals surface area contributed by atoms with E-state index in [2.05, 4.69) is 10.3 Å². The van der Waals surface area contributed by atoms with Crippen molar-refractivity contribution in [1.29, 1.82) is 0 Å². The summed E-state index contributed by atoms with van der Waals surface area (Å²) < 4.78 is 10.8.